The van der Waals surface area contributed by atoms with Gasteiger partial charge in [0.05, 0.1) is 0 Å². The number of benzene rings is 2. The monoisotopic (exact) mass is 460 g/mol. The molecule has 0 aliphatic heterocycles. The summed E-state index contributed by atoms with van der Waals surface area (Å²) in [5.41, 5.74) is 0. The predicted octanol–water partition coefficient (Wildman–Crippen LogP) is 7.35. The van der Waals surface area contributed by atoms with Gasteiger partial charge in [-0.2, -0.15) is 0 Å². The van der Waals surface area contributed by atoms with E-state index in [0.717, 1.165) is 0 Å². The molecule has 2 rings (SSSR count). The second kappa shape index (κ2) is 50.8. The van der Waals surface area contributed by atoms with Crippen LogP contribution in [0.2, 0.25) is 0 Å². The van der Waals surface area contributed by atoms with Gasteiger partial charge in [0.1, 0.15) is 0 Å². The molecule has 0 heterocycles. The van der Waals surface area contributed by atoms with E-state index in [1.54, 1.807) is 0 Å². The van der Waals surface area contributed by atoms with Crippen molar-refractivity contribution in [3.05, 3.63) is 87.6 Å². The standard InChI is InChI=1S/2C6H6.3C2H6.2CH3.W/c2*1-2-4-6-5-3-1;3*1-2;;;/h2*1-6H;3*1-2H3;2*1H3;/q;;;;;2*-1;+2. The Bertz CT molecular complexity index is 181. The van der Waals surface area contributed by atoms with Gasteiger partial charge in [0.25, 0.3) is 0 Å². The summed E-state index contributed by atoms with van der Waals surface area (Å²) in [7, 11) is 0. The summed E-state index contributed by atoms with van der Waals surface area (Å²) in [6.45, 7) is 12.0. The fraction of sp³-hybridized carbons (Fsp3) is 0.300. The van der Waals surface area contributed by atoms with Gasteiger partial charge in [-0.25, -0.2) is 0 Å². The van der Waals surface area contributed by atoms with Crippen LogP contribution in [-0.4, -0.2) is 0 Å². The normalized spacial score (nSPS) is 5.43. The van der Waals surface area contributed by atoms with Gasteiger partial charge in [0, 0.05) is 0 Å². The van der Waals surface area contributed by atoms with Crippen molar-refractivity contribution in [2.45, 2.75) is 41.5 Å². The van der Waals surface area contributed by atoms with Crippen molar-refractivity contribution in [2.24, 2.45) is 0 Å². The van der Waals surface area contributed by atoms with E-state index >= 15 is 0 Å². The maximum Gasteiger partial charge on any atom is 2.00 e. The summed E-state index contributed by atoms with van der Waals surface area (Å²) >= 11 is 0. The van der Waals surface area contributed by atoms with Gasteiger partial charge in [-0.3, -0.25) is 0 Å². The van der Waals surface area contributed by atoms with E-state index in [0.29, 0.717) is 0 Å². The van der Waals surface area contributed by atoms with E-state index in [2.05, 4.69) is 0 Å². The molecule has 21 heavy (non-hydrogen) atoms. The first kappa shape index (κ1) is 36.9. The molecule has 0 aromatic heterocycles. The van der Waals surface area contributed by atoms with Crippen molar-refractivity contribution in [1.82, 2.24) is 0 Å². The van der Waals surface area contributed by atoms with Gasteiger partial charge in [0.15, 0.2) is 0 Å². The quantitative estimate of drug-likeness (QED) is 0.361. The third kappa shape index (κ3) is 45.3. The topological polar surface area (TPSA) is 0 Å². The van der Waals surface area contributed by atoms with Crippen molar-refractivity contribution >= 4 is 0 Å². The Morgan fingerprint density at radius 2 is 0.333 bits per heavy atom. The third-order valence-electron chi connectivity index (χ3n) is 1.33. The zero-order valence-electron chi connectivity index (χ0n) is 15.3. The maximum absolute atomic E-state index is 2.00. The summed E-state index contributed by atoms with van der Waals surface area (Å²) < 4.78 is 0. The van der Waals surface area contributed by atoms with Crippen molar-refractivity contribution in [2.75, 3.05) is 0 Å². The van der Waals surface area contributed by atoms with E-state index in [-0.39, 0.29) is 35.9 Å². The summed E-state index contributed by atoms with van der Waals surface area (Å²) in [6.07, 6.45) is 0. The molecule has 0 saturated heterocycles. The number of hydrogen-bond acceptors (Lipinski definition) is 0. The van der Waals surface area contributed by atoms with E-state index in [1.807, 2.05) is 114 Å². The van der Waals surface area contributed by atoms with Crippen LogP contribution < -0.4 is 0 Å². The average Bonchev–Trinajstić information content (AvgIpc) is 2.57. The van der Waals surface area contributed by atoms with Gasteiger partial charge in [-0.05, 0) is 0 Å². The van der Waals surface area contributed by atoms with Crippen molar-refractivity contribution < 1.29 is 21.1 Å². The molecule has 0 aliphatic carbocycles. The molecule has 0 unspecified atom stereocenters. The first-order chi connectivity index (χ1) is 9.00. The Labute approximate surface area is 150 Å². The molecule has 0 bridgehead atoms. The fourth-order valence-corrected chi connectivity index (χ4v) is 0.770. The summed E-state index contributed by atoms with van der Waals surface area (Å²) in [5, 5.41) is 0. The Kier molecular flexibility index (Phi) is 89.2. The van der Waals surface area contributed by atoms with Crippen molar-refractivity contribution in [1.29, 1.82) is 0 Å². The van der Waals surface area contributed by atoms with E-state index < -0.39 is 0 Å². The van der Waals surface area contributed by atoms with Crippen molar-refractivity contribution in [3.8, 4) is 0 Å². The second-order valence-corrected chi connectivity index (χ2v) is 2.31. The molecule has 0 fully saturated rings. The minimum absolute atomic E-state index is 0. The zero-order chi connectivity index (χ0) is 14.5. The van der Waals surface area contributed by atoms with Crippen LogP contribution in [0.25, 0.3) is 0 Å². The minimum atomic E-state index is 0. The molecule has 0 saturated carbocycles. The van der Waals surface area contributed by atoms with Crippen LogP contribution in [0.3, 0.4) is 0 Å². The minimum Gasteiger partial charge on any atom is -0.358 e. The van der Waals surface area contributed by atoms with Crippen molar-refractivity contribution in [3.63, 3.8) is 0 Å². The van der Waals surface area contributed by atoms with Crippen LogP contribution in [-0.2, 0) is 21.1 Å². The van der Waals surface area contributed by atoms with Crippen LogP contribution in [0.5, 0.6) is 0 Å². The van der Waals surface area contributed by atoms with Crippen LogP contribution >= 0.6 is 0 Å². The first-order valence-electron chi connectivity index (χ1n) is 7.00. The van der Waals surface area contributed by atoms with Crippen LogP contribution in [0.1, 0.15) is 41.5 Å². The molecule has 2 aromatic rings. The van der Waals surface area contributed by atoms with Gasteiger partial charge >= 0.3 is 21.1 Å². The Morgan fingerprint density at radius 3 is 0.381 bits per heavy atom. The summed E-state index contributed by atoms with van der Waals surface area (Å²) in [6, 6.07) is 24.0. The maximum atomic E-state index is 2.00. The third-order valence-corrected chi connectivity index (χ3v) is 1.33. The molecular weight excluding hydrogens is 424 g/mol. The average molecular weight is 460 g/mol. The largest absolute Gasteiger partial charge is 2.00 e. The number of hydrogen-bond donors (Lipinski definition) is 0. The molecule has 0 nitrogen and oxygen atoms in total. The van der Waals surface area contributed by atoms with E-state index in [4.69, 9.17) is 0 Å². The van der Waals surface area contributed by atoms with Gasteiger partial charge in [-0.1, -0.05) is 114 Å². The molecule has 0 aliphatic rings. The van der Waals surface area contributed by atoms with Gasteiger partial charge in [-0.15, -0.1) is 0 Å². The predicted molar refractivity (Wildman–Crippen MR) is 99.8 cm³/mol. The fourth-order valence-electron chi connectivity index (χ4n) is 0.770. The summed E-state index contributed by atoms with van der Waals surface area (Å²) in [4.78, 5) is 0. The smallest absolute Gasteiger partial charge is 0.358 e. The van der Waals surface area contributed by atoms with Gasteiger partial charge < -0.3 is 14.9 Å². The Balaban J connectivity index is -0.0000000359. The number of rotatable bonds is 0. The molecule has 2 aromatic carbocycles. The second-order valence-electron chi connectivity index (χ2n) is 2.31. The van der Waals surface area contributed by atoms with Crippen LogP contribution in [0.15, 0.2) is 72.8 Å². The summed E-state index contributed by atoms with van der Waals surface area (Å²) in [5.74, 6) is 0. The molecular formula is C20H36W. The molecule has 0 N–H and O–H groups in total. The van der Waals surface area contributed by atoms with Crippen LogP contribution in [0, 0.1) is 14.9 Å². The molecule has 0 atom stereocenters. The Hall–Kier alpha value is -0.872. The van der Waals surface area contributed by atoms with E-state index in [1.165, 1.54) is 0 Å². The Morgan fingerprint density at radius 1 is 0.286 bits per heavy atom. The molecule has 1 heteroatoms. The SMILES string of the molecule is CC.CC.CC.[CH3-].[CH3-].[W+2].c1ccccc1.c1ccccc1. The molecule has 0 spiro atoms. The first-order valence-corrected chi connectivity index (χ1v) is 7.00. The molecule has 122 valence electrons. The molecule has 0 radical (unpaired) electrons. The van der Waals surface area contributed by atoms with Gasteiger partial charge in [0.2, 0.25) is 0 Å². The van der Waals surface area contributed by atoms with Crippen LogP contribution in [0.4, 0.5) is 0 Å². The zero-order valence-corrected chi connectivity index (χ0v) is 18.3. The van der Waals surface area contributed by atoms with E-state index in [9.17, 15) is 0 Å². The molecule has 0 amide bonds.